The number of hydrogen-bond donors (Lipinski definition) is 1. The van der Waals surface area contributed by atoms with Crippen LogP contribution >= 0.6 is 24.0 Å². The minimum absolute atomic E-state index is 0.152. The number of hydrazine groups is 1. The topological polar surface area (TPSA) is 82.6 Å². The van der Waals surface area contributed by atoms with E-state index < -0.39 is 11.8 Å². The van der Waals surface area contributed by atoms with Gasteiger partial charge in [-0.3, -0.25) is 24.8 Å². The minimum Gasteiger partial charge on any atom is -0.311 e. The van der Waals surface area contributed by atoms with Crippen LogP contribution in [0.2, 0.25) is 0 Å². The van der Waals surface area contributed by atoms with Crippen molar-refractivity contribution in [2.75, 3.05) is 11.9 Å². The molecule has 0 unspecified atom stereocenters. The fraction of sp³-hybridized carbons (Fsp3) is 0.0556. The summed E-state index contributed by atoms with van der Waals surface area (Å²) in [5.74, 6) is -1.33. The lowest BCUT2D eigenvalue weighted by atomic mass is 10.1. The Morgan fingerprint density at radius 2 is 1.93 bits per heavy atom. The summed E-state index contributed by atoms with van der Waals surface area (Å²) < 4.78 is 0.152. The number of fused-ring (bicyclic) bond motifs is 1. The molecule has 1 aromatic carbocycles. The van der Waals surface area contributed by atoms with E-state index in [-0.39, 0.29) is 15.1 Å². The first-order valence-electron chi connectivity index (χ1n) is 7.88. The Morgan fingerprint density at radius 1 is 1.15 bits per heavy atom. The van der Waals surface area contributed by atoms with E-state index in [2.05, 4.69) is 10.4 Å². The van der Waals surface area contributed by atoms with Crippen LogP contribution < -0.4 is 10.3 Å². The fourth-order valence-electron chi connectivity index (χ4n) is 2.87. The van der Waals surface area contributed by atoms with Crippen LogP contribution in [0.4, 0.5) is 5.69 Å². The van der Waals surface area contributed by atoms with Crippen molar-refractivity contribution in [3.8, 4) is 0 Å². The highest BCUT2D eigenvalue weighted by Gasteiger charge is 2.41. The van der Waals surface area contributed by atoms with E-state index >= 15 is 0 Å². The number of carbonyl (C=O) groups is 3. The Kier molecular flexibility index (Phi) is 4.25. The first-order valence-corrected chi connectivity index (χ1v) is 9.10. The van der Waals surface area contributed by atoms with Crippen molar-refractivity contribution in [3.05, 3.63) is 64.8 Å². The normalized spacial score (nSPS) is 18.9. The number of para-hydroxylation sites is 1. The van der Waals surface area contributed by atoms with Crippen LogP contribution in [0.25, 0.3) is 5.57 Å². The predicted molar refractivity (Wildman–Crippen MR) is 106 cm³/mol. The molecule has 134 valence electrons. The standard InChI is InChI=1S/C18H12N4O3S2/c1-21-12-7-3-2-6-11(12)13(16(21)24)14-17(25)22(18(26)27-14)20-15(23)10-5-4-8-19-9-10/h2-9H,1H3,(H,20,23). The number of thiocarbonyl (C=S) groups is 1. The number of aromatic nitrogens is 1. The van der Waals surface area contributed by atoms with Gasteiger partial charge in [0, 0.05) is 25.0 Å². The zero-order chi connectivity index (χ0) is 19.1. The molecule has 1 aromatic heterocycles. The lowest BCUT2D eigenvalue weighted by Gasteiger charge is -2.15. The molecule has 9 heteroatoms. The van der Waals surface area contributed by atoms with Gasteiger partial charge in [-0.05, 0) is 30.4 Å². The highest BCUT2D eigenvalue weighted by molar-refractivity contribution is 8.26. The second kappa shape index (κ2) is 6.60. The first kappa shape index (κ1) is 17.4. The highest BCUT2D eigenvalue weighted by Crippen LogP contribution is 2.43. The van der Waals surface area contributed by atoms with Gasteiger partial charge in [-0.25, -0.2) is 0 Å². The quantitative estimate of drug-likeness (QED) is 0.617. The zero-order valence-corrected chi connectivity index (χ0v) is 15.6. The fourth-order valence-corrected chi connectivity index (χ4v) is 4.12. The molecule has 3 heterocycles. The summed E-state index contributed by atoms with van der Waals surface area (Å²) in [6, 6.07) is 10.4. The van der Waals surface area contributed by atoms with Gasteiger partial charge in [0.1, 0.15) is 0 Å². The molecule has 0 spiro atoms. The SMILES string of the molecule is CN1C(=O)C(=C2SC(=S)N(NC(=O)c3cccnc3)C2=O)c2ccccc21. The van der Waals surface area contributed by atoms with Crippen molar-refractivity contribution in [2.24, 2.45) is 0 Å². The van der Waals surface area contributed by atoms with E-state index in [0.717, 1.165) is 22.5 Å². The number of carbonyl (C=O) groups excluding carboxylic acids is 3. The van der Waals surface area contributed by atoms with Crippen LogP contribution in [-0.4, -0.2) is 39.1 Å². The zero-order valence-electron chi connectivity index (χ0n) is 14.0. The van der Waals surface area contributed by atoms with Crippen LogP contribution in [0, 0.1) is 0 Å². The molecule has 27 heavy (non-hydrogen) atoms. The number of rotatable bonds is 2. The summed E-state index contributed by atoms with van der Waals surface area (Å²) in [6.45, 7) is 0. The molecule has 2 aromatic rings. The second-order valence-corrected chi connectivity index (χ2v) is 7.42. The van der Waals surface area contributed by atoms with Gasteiger partial charge in [-0.15, -0.1) is 0 Å². The van der Waals surface area contributed by atoms with Crippen molar-refractivity contribution in [3.63, 3.8) is 0 Å². The lowest BCUT2D eigenvalue weighted by Crippen LogP contribution is -2.45. The number of anilines is 1. The third-order valence-corrected chi connectivity index (χ3v) is 5.56. The van der Waals surface area contributed by atoms with Gasteiger partial charge in [0.05, 0.1) is 21.7 Å². The summed E-state index contributed by atoms with van der Waals surface area (Å²) in [6.07, 6.45) is 2.93. The van der Waals surface area contributed by atoms with Gasteiger partial charge < -0.3 is 4.90 Å². The molecule has 2 aliphatic heterocycles. The van der Waals surface area contributed by atoms with E-state index in [4.69, 9.17) is 12.2 Å². The maximum atomic E-state index is 12.9. The number of benzene rings is 1. The van der Waals surface area contributed by atoms with Crippen molar-refractivity contribution in [1.82, 2.24) is 15.4 Å². The van der Waals surface area contributed by atoms with Crippen LogP contribution in [0.1, 0.15) is 15.9 Å². The van der Waals surface area contributed by atoms with Crippen molar-refractivity contribution in [2.45, 2.75) is 0 Å². The molecule has 1 N–H and O–H groups in total. The molecule has 1 saturated heterocycles. The molecule has 0 bridgehead atoms. The molecule has 0 radical (unpaired) electrons. The Morgan fingerprint density at radius 3 is 2.67 bits per heavy atom. The average Bonchev–Trinajstić information content (AvgIpc) is 3.10. The van der Waals surface area contributed by atoms with Gasteiger partial charge in [0.15, 0.2) is 4.32 Å². The Hall–Kier alpha value is -3.04. The summed E-state index contributed by atoms with van der Waals surface area (Å²) in [7, 11) is 1.65. The van der Waals surface area contributed by atoms with Crippen LogP contribution in [0.5, 0.6) is 0 Å². The lowest BCUT2D eigenvalue weighted by molar-refractivity contribution is -0.124. The molecule has 1 fully saturated rings. The number of nitrogens with one attached hydrogen (secondary N) is 1. The van der Waals surface area contributed by atoms with E-state index in [1.807, 2.05) is 12.1 Å². The molecule has 0 saturated carbocycles. The smallest absolute Gasteiger partial charge is 0.286 e. The molecular weight excluding hydrogens is 384 g/mol. The van der Waals surface area contributed by atoms with Gasteiger partial charge in [0.25, 0.3) is 17.7 Å². The van der Waals surface area contributed by atoms with Gasteiger partial charge >= 0.3 is 0 Å². The number of hydrogen-bond acceptors (Lipinski definition) is 6. The maximum Gasteiger partial charge on any atom is 0.286 e. The van der Waals surface area contributed by atoms with E-state index in [0.29, 0.717) is 16.7 Å². The van der Waals surface area contributed by atoms with Crippen molar-refractivity contribution < 1.29 is 14.4 Å². The van der Waals surface area contributed by atoms with E-state index in [1.54, 1.807) is 37.5 Å². The van der Waals surface area contributed by atoms with Gasteiger partial charge in [-0.2, -0.15) is 5.01 Å². The number of thioether (sulfide) groups is 1. The van der Waals surface area contributed by atoms with Crippen LogP contribution in [0.15, 0.2) is 53.7 Å². The molecule has 2 aliphatic rings. The van der Waals surface area contributed by atoms with Crippen LogP contribution in [0.3, 0.4) is 0 Å². The number of amides is 3. The molecule has 3 amide bonds. The molecule has 0 aliphatic carbocycles. The Balaban J connectivity index is 1.69. The molecule has 0 atom stereocenters. The molecule has 4 rings (SSSR count). The monoisotopic (exact) mass is 396 g/mol. The minimum atomic E-state index is -0.532. The van der Waals surface area contributed by atoms with E-state index in [9.17, 15) is 14.4 Å². The summed E-state index contributed by atoms with van der Waals surface area (Å²) in [4.78, 5) is 43.5. The number of likely N-dealkylation sites (N-methyl/N-ethyl adjacent to an activating group) is 1. The third-order valence-electron chi connectivity index (χ3n) is 4.19. The molecular formula is C18H12N4O3S2. The highest BCUT2D eigenvalue weighted by atomic mass is 32.2. The summed E-state index contributed by atoms with van der Waals surface area (Å²) in [5.41, 5.74) is 4.46. The van der Waals surface area contributed by atoms with Crippen LogP contribution in [-0.2, 0) is 9.59 Å². The number of nitrogens with zero attached hydrogens (tertiary/aromatic N) is 3. The van der Waals surface area contributed by atoms with Crippen molar-refractivity contribution in [1.29, 1.82) is 0 Å². The second-order valence-electron chi connectivity index (χ2n) is 5.78. The van der Waals surface area contributed by atoms with Crippen molar-refractivity contribution >= 4 is 57.3 Å². The third kappa shape index (κ3) is 2.81. The number of pyridine rings is 1. The van der Waals surface area contributed by atoms with E-state index in [1.165, 1.54) is 11.1 Å². The summed E-state index contributed by atoms with van der Waals surface area (Å²) in [5, 5.41) is 0.992. The Labute approximate surface area is 164 Å². The first-order chi connectivity index (χ1) is 13.0. The summed E-state index contributed by atoms with van der Waals surface area (Å²) >= 11 is 6.24. The molecule has 7 nitrogen and oxygen atoms in total. The largest absolute Gasteiger partial charge is 0.311 e. The van der Waals surface area contributed by atoms with Gasteiger partial charge in [-0.1, -0.05) is 30.0 Å². The maximum absolute atomic E-state index is 12.9. The van der Waals surface area contributed by atoms with Gasteiger partial charge in [0.2, 0.25) is 0 Å². The Bertz CT molecular complexity index is 1040. The average molecular weight is 396 g/mol. The predicted octanol–water partition coefficient (Wildman–Crippen LogP) is 1.97.